The van der Waals surface area contributed by atoms with Gasteiger partial charge in [-0.05, 0) is 75.1 Å². The van der Waals surface area contributed by atoms with Gasteiger partial charge in [0.2, 0.25) is 0 Å². The number of nitrogens with one attached hydrogen (secondary N) is 1. The molecule has 1 aliphatic rings. The Morgan fingerprint density at radius 2 is 1.85 bits per heavy atom. The third-order valence-corrected chi connectivity index (χ3v) is 5.89. The van der Waals surface area contributed by atoms with Crippen molar-refractivity contribution in [1.82, 2.24) is 15.2 Å². The SMILES string of the molecule is Cc1ccc(C(=O)NC2CCN(C(=O)c3cc(C)c(OCc4cccnc4)c(C)c3)CC2)o1. The van der Waals surface area contributed by atoms with Crippen molar-refractivity contribution in [3.63, 3.8) is 0 Å². The molecule has 0 bridgehead atoms. The Labute approximate surface area is 193 Å². The number of benzene rings is 1. The number of rotatable bonds is 6. The van der Waals surface area contributed by atoms with Gasteiger partial charge in [-0.1, -0.05) is 6.07 Å². The summed E-state index contributed by atoms with van der Waals surface area (Å²) < 4.78 is 11.4. The number of hydrogen-bond acceptors (Lipinski definition) is 5. The van der Waals surface area contributed by atoms with Crippen LogP contribution in [0.4, 0.5) is 0 Å². The number of nitrogens with zero attached hydrogens (tertiary/aromatic N) is 2. The van der Waals surface area contributed by atoms with E-state index >= 15 is 0 Å². The van der Waals surface area contributed by atoms with Gasteiger partial charge in [0, 0.05) is 42.7 Å². The van der Waals surface area contributed by atoms with Gasteiger partial charge in [-0.25, -0.2) is 0 Å². The Kier molecular flexibility index (Phi) is 6.77. The maximum Gasteiger partial charge on any atom is 0.287 e. The molecule has 2 amide bonds. The molecule has 172 valence electrons. The number of pyridine rings is 1. The van der Waals surface area contributed by atoms with E-state index in [2.05, 4.69) is 10.3 Å². The molecule has 0 saturated carbocycles. The number of aromatic nitrogens is 1. The van der Waals surface area contributed by atoms with E-state index in [0.29, 0.717) is 49.6 Å². The lowest BCUT2D eigenvalue weighted by Gasteiger charge is -2.32. The van der Waals surface area contributed by atoms with Crippen LogP contribution >= 0.6 is 0 Å². The average molecular weight is 448 g/mol. The predicted molar refractivity (Wildman–Crippen MR) is 124 cm³/mol. The topological polar surface area (TPSA) is 84.7 Å². The molecule has 0 radical (unpaired) electrons. The van der Waals surface area contributed by atoms with Gasteiger partial charge in [0.05, 0.1) is 0 Å². The number of carbonyl (C=O) groups is 2. The van der Waals surface area contributed by atoms with Gasteiger partial charge in [-0.15, -0.1) is 0 Å². The monoisotopic (exact) mass is 447 g/mol. The number of furan rings is 1. The van der Waals surface area contributed by atoms with Crippen molar-refractivity contribution in [3.05, 3.63) is 82.6 Å². The Morgan fingerprint density at radius 1 is 1.12 bits per heavy atom. The number of aryl methyl sites for hydroxylation is 3. The summed E-state index contributed by atoms with van der Waals surface area (Å²) in [5.41, 5.74) is 3.51. The quantitative estimate of drug-likeness (QED) is 0.612. The second-order valence-corrected chi connectivity index (χ2v) is 8.54. The van der Waals surface area contributed by atoms with Crippen LogP contribution in [0.2, 0.25) is 0 Å². The van der Waals surface area contributed by atoms with Crippen molar-refractivity contribution >= 4 is 11.8 Å². The zero-order chi connectivity index (χ0) is 23.4. The van der Waals surface area contributed by atoms with E-state index in [9.17, 15) is 9.59 Å². The normalized spacial score (nSPS) is 14.2. The minimum absolute atomic E-state index is 0.00597. The zero-order valence-corrected chi connectivity index (χ0v) is 19.3. The van der Waals surface area contributed by atoms with Gasteiger partial charge < -0.3 is 19.4 Å². The molecular formula is C26H29N3O4. The molecule has 4 rings (SSSR count). The highest BCUT2D eigenvalue weighted by Gasteiger charge is 2.26. The van der Waals surface area contributed by atoms with Crippen LogP contribution < -0.4 is 10.1 Å². The second kappa shape index (κ2) is 9.90. The highest BCUT2D eigenvalue weighted by atomic mass is 16.5. The molecule has 1 aliphatic heterocycles. The summed E-state index contributed by atoms with van der Waals surface area (Å²) >= 11 is 0. The fourth-order valence-electron chi connectivity index (χ4n) is 4.16. The third kappa shape index (κ3) is 5.42. The molecule has 7 heteroatoms. The van der Waals surface area contributed by atoms with Crippen molar-refractivity contribution in [3.8, 4) is 5.75 Å². The van der Waals surface area contributed by atoms with Crippen molar-refractivity contribution in [1.29, 1.82) is 0 Å². The van der Waals surface area contributed by atoms with E-state index in [1.165, 1.54) is 0 Å². The lowest BCUT2D eigenvalue weighted by Crippen LogP contribution is -2.46. The maximum atomic E-state index is 13.1. The molecule has 33 heavy (non-hydrogen) atoms. The van der Waals surface area contributed by atoms with E-state index in [1.807, 2.05) is 49.9 Å². The summed E-state index contributed by atoms with van der Waals surface area (Å²) in [7, 11) is 0. The summed E-state index contributed by atoms with van der Waals surface area (Å²) in [6, 6.07) is 11.1. The third-order valence-electron chi connectivity index (χ3n) is 5.89. The molecule has 3 heterocycles. The van der Waals surface area contributed by atoms with Crippen LogP contribution in [0.3, 0.4) is 0 Å². The van der Waals surface area contributed by atoms with Crippen LogP contribution in [0.1, 0.15) is 56.2 Å². The smallest absolute Gasteiger partial charge is 0.287 e. The first-order chi connectivity index (χ1) is 15.9. The highest BCUT2D eigenvalue weighted by molar-refractivity contribution is 5.95. The standard InChI is InChI=1S/C26H29N3O4/c1-17-13-21(14-18(2)24(17)32-16-20-5-4-10-27-15-20)26(31)29-11-8-22(9-12-29)28-25(30)23-7-6-19(3)33-23/h4-7,10,13-15,22H,8-9,11-12,16H2,1-3H3,(H,28,30). The number of hydrogen-bond donors (Lipinski definition) is 1. The van der Waals surface area contributed by atoms with Crippen molar-refractivity contribution in [2.24, 2.45) is 0 Å². The number of carbonyl (C=O) groups excluding carboxylic acids is 2. The van der Waals surface area contributed by atoms with Crippen molar-refractivity contribution < 1.29 is 18.7 Å². The van der Waals surface area contributed by atoms with Crippen LogP contribution in [-0.4, -0.2) is 40.8 Å². The molecule has 1 fully saturated rings. The molecule has 7 nitrogen and oxygen atoms in total. The van der Waals surface area contributed by atoms with Gasteiger partial charge in [0.15, 0.2) is 5.76 Å². The Hall–Kier alpha value is -3.61. The summed E-state index contributed by atoms with van der Waals surface area (Å²) in [6.45, 7) is 7.35. The lowest BCUT2D eigenvalue weighted by atomic mass is 10.0. The van der Waals surface area contributed by atoms with Gasteiger partial charge in [-0.2, -0.15) is 0 Å². The first-order valence-corrected chi connectivity index (χ1v) is 11.2. The van der Waals surface area contributed by atoms with Crippen molar-refractivity contribution in [2.45, 2.75) is 46.3 Å². The molecule has 3 aromatic rings. The van der Waals surface area contributed by atoms with Gasteiger partial charge in [-0.3, -0.25) is 14.6 Å². The van der Waals surface area contributed by atoms with Gasteiger partial charge in [0.1, 0.15) is 18.1 Å². The van der Waals surface area contributed by atoms with Gasteiger partial charge in [0.25, 0.3) is 11.8 Å². The summed E-state index contributed by atoms with van der Waals surface area (Å²) in [5.74, 6) is 1.62. The highest BCUT2D eigenvalue weighted by Crippen LogP contribution is 2.27. The van der Waals surface area contributed by atoms with E-state index in [4.69, 9.17) is 9.15 Å². The largest absolute Gasteiger partial charge is 0.488 e. The maximum absolute atomic E-state index is 13.1. The molecule has 0 spiro atoms. The van der Waals surface area contributed by atoms with Crippen LogP contribution in [-0.2, 0) is 6.61 Å². The van der Waals surface area contributed by atoms with Gasteiger partial charge >= 0.3 is 0 Å². The zero-order valence-electron chi connectivity index (χ0n) is 19.3. The minimum atomic E-state index is -0.207. The van der Waals surface area contributed by atoms with Crippen LogP contribution in [0.15, 0.2) is 53.2 Å². The molecule has 0 unspecified atom stereocenters. The van der Waals surface area contributed by atoms with E-state index in [0.717, 1.165) is 22.4 Å². The molecule has 0 atom stereocenters. The average Bonchev–Trinajstić information content (AvgIpc) is 3.25. The minimum Gasteiger partial charge on any atom is -0.488 e. The Bertz CT molecular complexity index is 1110. The summed E-state index contributed by atoms with van der Waals surface area (Å²) in [5, 5.41) is 3.01. The van der Waals surface area contributed by atoms with Crippen LogP contribution in [0.5, 0.6) is 5.75 Å². The number of ether oxygens (including phenoxy) is 1. The Morgan fingerprint density at radius 3 is 2.45 bits per heavy atom. The molecule has 2 aromatic heterocycles. The lowest BCUT2D eigenvalue weighted by molar-refractivity contribution is 0.0695. The second-order valence-electron chi connectivity index (χ2n) is 8.54. The predicted octanol–water partition coefficient (Wildman–Crippen LogP) is 4.21. The first kappa shape index (κ1) is 22.6. The van der Waals surface area contributed by atoms with Crippen molar-refractivity contribution in [2.75, 3.05) is 13.1 Å². The van der Waals surface area contributed by atoms with E-state index in [-0.39, 0.29) is 17.9 Å². The van der Waals surface area contributed by atoms with E-state index < -0.39 is 0 Å². The molecule has 1 saturated heterocycles. The first-order valence-electron chi connectivity index (χ1n) is 11.2. The molecule has 1 aromatic carbocycles. The van der Waals surface area contributed by atoms with Crippen LogP contribution in [0.25, 0.3) is 0 Å². The number of piperidine rings is 1. The van der Waals surface area contributed by atoms with Crippen LogP contribution in [0, 0.1) is 20.8 Å². The fraction of sp³-hybridized carbons (Fsp3) is 0.346. The number of amides is 2. The summed E-state index contributed by atoms with van der Waals surface area (Å²) in [6.07, 6.45) is 4.93. The van der Waals surface area contributed by atoms with E-state index in [1.54, 1.807) is 24.5 Å². The Balaban J connectivity index is 1.34. The summed E-state index contributed by atoms with van der Waals surface area (Å²) in [4.78, 5) is 31.4. The molecular weight excluding hydrogens is 418 g/mol. The molecule has 1 N–H and O–H groups in total. The fourth-order valence-corrected chi connectivity index (χ4v) is 4.16. The molecule has 0 aliphatic carbocycles. The number of likely N-dealkylation sites (tertiary alicyclic amines) is 1.